The van der Waals surface area contributed by atoms with Crippen LogP contribution >= 0.6 is 0 Å². The number of hydrogen-bond donors (Lipinski definition) is 1. The van der Waals surface area contributed by atoms with Crippen molar-refractivity contribution in [3.8, 4) is 17.3 Å². The lowest BCUT2D eigenvalue weighted by Gasteiger charge is -2.11. The molecule has 0 bridgehead atoms. The molecule has 0 aliphatic heterocycles. The molecule has 1 atom stereocenters. The van der Waals surface area contributed by atoms with Gasteiger partial charge in [-0.05, 0) is 67.8 Å². The van der Waals surface area contributed by atoms with Gasteiger partial charge in [0.1, 0.15) is 5.82 Å². The number of nitriles is 1. The Labute approximate surface area is 168 Å². The number of aromatic nitrogens is 2. The summed E-state index contributed by atoms with van der Waals surface area (Å²) < 4.78 is 16.4. The molecule has 0 saturated heterocycles. The van der Waals surface area contributed by atoms with E-state index in [2.05, 4.69) is 11.1 Å². The third-order valence-electron chi connectivity index (χ3n) is 5.66. The fraction of sp³-hybridized carbons (Fsp3) is 0.348. The molecule has 0 amide bonds. The van der Waals surface area contributed by atoms with Crippen LogP contribution in [0.25, 0.3) is 22.0 Å². The highest BCUT2D eigenvalue weighted by atomic mass is 19.1. The second-order valence-electron chi connectivity index (χ2n) is 7.98. The standard InChI is InChI=1S/C23H23FN4O/c1-15(26)3-2-9-28-10-6-16-11-17(12-19(24)21(16)22(28)29)20-5-4-18(13-27-20)23(14-25)7-8-23/h4-6,10-13,15H,2-3,7-9,26H2,1H3. The molecule has 1 aromatic carbocycles. The maximum atomic E-state index is 14.9. The first-order valence-electron chi connectivity index (χ1n) is 9.90. The number of benzene rings is 1. The van der Waals surface area contributed by atoms with E-state index in [1.165, 1.54) is 10.6 Å². The van der Waals surface area contributed by atoms with Crippen LogP contribution in [-0.2, 0) is 12.0 Å². The maximum absolute atomic E-state index is 14.9. The average molecular weight is 390 g/mol. The summed E-state index contributed by atoms with van der Waals surface area (Å²) in [5.41, 5.74) is 7.16. The largest absolute Gasteiger partial charge is 0.328 e. The van der Waals surface area contributed by atoms with Crippen LogP contribution in [0.2, 0.25) is 0 Å². The second-order valence-corrected chi connectivity index (χ2v) is 7.98. The lowest BCUT2D eigenvalue weighted by atomic mass is 9.98. The van der Waals surface area contributed by atoms with E-state index in [0.29, 0.717) is 23.2 Å². The van der Waals surface area contributed by atoms with Gasteiger partial charge in [0.2, 0.25) is 0 Å². The molecule has 5 nitrogen and oxygen atoms in total. The Morgan fingerprint density at radius 2 is 2.14 bits per heavy atom. The van der Waals surface area contributed by atoms with Crippen LogP contribution in [0.4, 0.5) is 4.39 Å². The molecular weight excluding hydrogens is 367 g/mol. The number of pyridine rings is 2. The zero-order chi connectivity index (χ0) is 20.6. The van der Waals surface area contributed by atoms with Crippen LogP contribution < -0.4 is 11.3 Å². The minimum Gasteiger partial charge on any atom is -0.328 e. The van der Waals surface area contributed by atoms with E-state index < -0.39 is 11.2 Å². The van der Waals surface area contributed by atoms with Gasteiger partial charge in [-0.25, -0.2) is 4.39 Å². The Kier molecular flexibility index (Phi) is 4.93. The monoisotopic (exact) mass is 390 g/mol. The second kappa shape index (κ2) is 7.41. The number of halogens is 1. The molecule has 1 saturated carbocycles. The third-order valence-corrected chi connectivity index (χ3v) is 5.66. The van der Waals surface area contributed by atoms with Crippen molar-refractivity contribution in [1.29, 1.82) is 5.26 Å². The van der Waals surface area contributed by atoms with Gasteiger partial charge < -0.3 is 10.3 Å². The summed E-state index contributed by atoms with van der Waals surface area (Å²) in [6.45, 7) is 2.44. The molecule has 0 radical (unpaired) electrons. The molecule has 0 spiro atoms. The summed E-state index contributed by atoms with van der Waals surface area (Å²) in [5.74, 6) is -0.550. The number of nitrogens with two attached hydrogens (primary N) is 1. The number of fused-ring (bicyclic) bond motifs is 1. The highest BCUT2D eigenvalue weighted by Gasteiger charge is 2.45. The average Bonchev–Trinajstić information content (AvgIpc) is 3.50. The Morgan fingerprint density at radius 3 is 2.76 bits per heavy atom. The summed E-state index contributed by atoms with van der Waals surface area (Å²) in [6.07, 6.45) is 6.68. The quantitative estimate of drug-likeness (QED) is 0.692. The van der Waals surface area contributed by atoms with E-state index >= 15 is 0 Å². The molecule has 1 aliphatic carbocycles. The van der Waals surface area contributed by atoms with Crippen LogP contribution in [0.5, 0.6) is 0 Å². The number of aryl methyl sites for hydroxylation is 1. The number of hydrogen-bond acceptors (Lipinski definition) is 4. The van der Waals surface area contributed by atoms with Crippen LogP contribution in [0.15, 0.2) is 47.5 Å². The highest BCUT2D eigenvalue weighted by Crippen LogP contribution is 2.47. The summed E-state index contributed by atoms with van der Waals surface area (Å²) in [7, 11) is 0. The fourth-order valence-electron chi connectivity index (χ4n) is 3.71. The summed E-state index contributed by atoms with van der Waals surface area (Å²) >= 11 is 0. The van der Waals surface area contributed by atoms with E-state index in [-0.39, 0.29) is 17.0 Å². The highest BCUT2D eigenvalue weighted by molar-refractivity contribution is 5.86. The van der Waals surface area contributed by atoms with Crippen molar-refractivity contribution in [2.45, 2.75) is 50.6 Å². The zero-order valence-electron chi connectivity index (χ0n) is 16.4. The topological polar surface area (TPSA) is 84.7 Å². The maximum Gasteiger partial charge on any atom is 0.261 e. The first-order valence-corrected chi connectivity index (χ1v) is 9.90. The predicted molar refractivity (Wildman–Crippen MR) is 111 cm³/mol. The summed E-state index contributed by atoms with van der Waals surface area (Å²) in [4.78, 5) is 17.1. The van der Waals surface area contributed by atoms with Crippen molar-refractivity contribution in [3.05, 3.63) is 64.5 Å². The summed E-state index contributed by atoms with van der Waals surface area (Å²) in [6, 6.07) is 11.0. The molecular formula is C23H23FN4O. The smallest absolute Gasteiger partial charge is 0.261 e. The zero-order valence-corrected chi connectivity index (χ0v) is 16.4. The third kappa shape index (κ3) is 3.66. The normalized spacial score (nSPS) is 15.8. The van der Waals surface area contributed by atoms with Gasteiger partial charge in [-0.2, -0.15) is 5.26 Å². The lowest BCUT2D eigenvalue weighted by molar-refractivity contribution is 0.549. The van der Waals surface area contributed by atoms with E-state index in [1.54, 1.807) is 24.5 Å². The molecule has 6 heteroatoms. The first kappa shape index (κ1) is 19.3. The van der Waals surface area contributed by atoms with Crippen LogP contribution in [0.1, 0.15) is 38.2 Å². The number of rotatable bonds is 6. The minimum absolute atomic E-state index is 0.0762. The fourth-order valence-corrected chi connectivity index (χ4v) is 3.71. The van der Waals surface area contributed by atoms with Crippen molar-refractivity contribution in [1.82, 2.24) is 9.55 Å². The van der Waals surface area contributed by atoms with Gasteiger partial charge in [0, 0.05) is 30.5 Å². The molecule has 3 aromatic rings. The van der Waals surface area contributed by atoms with Gasteiger partial charge in [-0.3, -0.25) is 9.78 Å². The van der Waals surface area contributed by atoms with Gasteiger partial charge >= 0.3 is 0 Å². The molecule has 29 heavy (non-hydrogen) atoms. The van der Waals surface area contributed by atoms with Crippen molar-refractivity contribution in [2.24, 2.45) is 5.73 Å². The molecule has 2 aromatic heterocycles. The Morgan fingerprint density at radius 1 is 1.34 bits per heavy atom. The van der Waals surface area contributed by atoms with Crippen molar-refractivity contribution >= 4 is 10.8 Å². The SMILES string of the molecule is CC(N)CCCn1ccc2cc(-c3ccc(C4(C#N)CC4)cn3)cc(F)c2c1=O. The van der Waals surface area contributed by atoms with Gasteiger partial charge in [0.25, 0.3) is 5.56 Å². The van der Waals surface area contributed by atoms with Crippen LogP contribution in [0.3, 0.4) is 0 Å². The Bertz CT molecular complexity index is 1150. The minimum atomic E-state index is -0.550. The van der Waals surface area contributed by atoms with Gasteiger partial charge in [0.15, 0.2) is 0 Å². The molecule has 1 unspecified atom stereocenters. The first-order chi connectivity index (χ1) is 13.9. The Balaban J connectivity index is 1.66. The van der Waals surface area contributed by atoms with Crippen molar-refractivity contribution < 1.29 is 4.39 Å². The van der Waals surface area contributed by atoms with E-state index in [1.807, 2.05) is 19.1 Å². The van der Waals surface area contributed by atoms with E-state index in [4.69, 9.17) is 5.73 Å². The van der Waals surface area contributed by atoms with Gasteiger partial charge in [-0.15, -0.1) is 0 Å². The Hall–Kier alpha value is -3.04. The molecule has 1 aliphatic rings. The van der Waals surface area contributed by atoms with E-state index in [0.717, 1.165) is 31.2 Å². The van der Waals surface area contributed by atoms with Gasteiger partial charge in [0.05, 0.1) is 22.6 Å². The lowest BCUT2D eigenvalue weighted by Crippen LogP contribution is -2.22. The van der Waals surface area contributed by atoms with Crippen molar-refractivity contribution in [3.63, 3.8) is 0 Å². The number of nitrogens with zero attached hydrogens (tertiary/aromatic N) is 3. The molecule has 4 rings (SSSR count). The van der Waals surface area contributed by atoms with Crippen LogP contribution in [0, 0.1) is 17.1 Å². The molecule has 1 fully saturated rings. The predicted octanol–water partition coefficient (Wildman–Crippen LogP) is 3.89. The summed E-state index contributed by atoms with van der Waals surface area (Å²) in [5, 5.41) is 9.96. The van der Waals surface area contributed by atoms with E-state index in [9.17, 15) is 14.4 Å². The van der Waals surface area contributed by atoms with Crippen LogP contribution in [-0.4, -0.2) is 15.6 Å². The van der Waals surface area contributed by atoms with Crippen molar-refractivity contribution in [2.75, 3.05) is 0 Å². The van der Waals surface area contributed by atoms with Gasteiger partial charge in [-0.1, -0.05) is 6.07 Å². The molecule has 2 N–H and O–H groups in total. The molecule has 2 heterocycles. The molecule has 148 valence electrons.